The van der Waals surface area contributed by atoms with Gasteiger partial charge in [0.1, 0.15) is 10.0 Å². The minimum absolute atomic E-state index is 0.00700. The summed E-state index contributed by atoms with van der Waals surface area (Å²) >= 11 is 36.4. The summed E-state index contributed by atoms with van der Waals surface area (Å²) in [6.45, 7) is 1.20. The monoisotopic (exact) mass is 529 g/mol. The van der Waals surface area contributed by atoms with Crippen molar-refractivity contribution in [3.63, 3.8) is 0 Å². The van der Waals surface area contributed by atoms with E-state index >= 15 is 0 Å². The van der Waals surface area contributed by atoms with Gasteiger partial charge in [0, 0.05) is 24.7 Å². The van der Waals surface area contributed by atoms with E-state index in [1.54, 1.807) is 17.0 Å². The van der Waals surface area contributed by atoms with Crippen LogP contribution in [0.4, 0.5) is 0 Å². The molecule has 0 bridgehead atoms. The van der Waals surface area contributed by atoms with Gasteiger partial charge in [-0.1, -0.05) is 81.7 Å². The van der Waals surface area contributed by atoms with Crippen LogP contribution in [0, 0.1) is 0 Å². The molecule has 1 saturated heterocycles. The minimum atomic E-state index is -0.311. The lowest BCUT2D eigenvalue weighted by Crippen LogP contribution is -2.39. The number of halogens is 6. The summed E-state index contributed by atoms with van der Waals surface area (Å²) in [6.07, 6.45) is 1.84. The van der Waals surface area contributed by atoms with Crippen LogP contribution in [-0.2, 0) is 16.1 Å². The van der Waals surface area contributed by atoms with Crippen molar-refractivity contribution in [3.8, 4) is 5.75 Å². The zero-order valence-corrected chi connectivity index (χ0v) is 20.1. The van der Waals surface area contributed by atoms with Gasteiger partial charge >= 0.3 is 0 Å². The largest absolute Gasteiger partial charge is 0.481 e. The van der Waals surface area contributed by atoms with Crippen LogP contribution >= 0.6 is 69.6 Å². The first kappa shape index (κ1) is 24.1. The topological polar surface area (TPSA) is 38.8 Å². The molecule has 2 aromatic carbocycles. The smallest absolute Gasteiger partial charge is 0.260 e. The molecule has 0 radical (unpaired) electrons. The second kappa shape index (κ2) is 10.8. The third-order valence-electron chi connectivity index (χ3n) is 4.60. The predicted octanol–water partition coefficient (Wildman–Crippen LogP) is 7.19. The second-order valence-electron chi connectivity index (χ2n) is 6.72. The third kappa shape index (κ3) is 5.80. The Hall–Kier alpha value is -0.590. The van der Waals surface area contributed by atoms with E-state index in [0.29, 0.717) is 24.7 Å². The van der Waals surface area contributed by atoms with Gasteiger partial charge < -0.3 is 14.4 Å². The van der Waals surface area contributed by atoms with Crippen LogP contribution in [0.25, 0.3) is 0 Å². The zero-order valence-electron chi connectivity index (χ0n) is 15.6. The first-order chi connectivity index (χ1) is 14.3. The molecule has 1 heterocycles. The number of hydrogen-bond acceptors (Lipinski definition) is 3. The van der Waals surface area contributed by atoms with E-state index in [-0.39, 0.29) is 49.5 Å². The molecule has 0 spiro atoms. The summed E-state index contributed by atoms with van der Waals surface area (Å²) in [7, 11) is 0. The standard InChI is InChI=1S/C20H17Cl6NO3/c21-12-5-3-11(4-6-12)8-27(9-13-2-1-7-29-13)14(28)10-30-20-18(25)16(23)15(22)17(24)19(20)26/h3-6,13H,1-2,7-10H2/t13-/m0/s1. The molecular formula is C20H17Cl6NO3. The summed E-state index contributed by atoms with van der Waals surface area (Å²) in [5.74, 6) is -0.260. The molecular weight excluding hydrogens is 515 g/mol. The van der Waals surface area contributed by atoms with E-state index in [1.807, 2.05) is 12.1 Å². The molecule has 10 heteroatoms. The lowest BCUT2D eigenvalue weighted by Gasteiger charge is -2.26. The molecule has 0 aliphatic carbocycles. The van der Waals surface area contributed by atoms with Gasteiger partial charge in [0.15, 0.2) is 12.4 Å². The molecule has 4 nitrogen and oxygen atoms in total. The molecule has 30 heavy (non-hydrogen) atoms. The van der Waals surface area contributed by atoms with Gasteiger partial charge in [-0.2, -0.15) is 0 Å². The van der Waals surface area contributed by atoms with Crippen LogP contribution < -0.4 is 4.74 Å². The van der Waals surface area contributed by atoms with Crippen molar-refractivity contribution in [2.75, 3.05) is 19.8 Å². The van der Waals surface area contributed by atoms with E-state index in [2.05, 4.69) is 0 Å². The van der Waals surface area contributed by atoms with E-state index in [9.17, 15) is 4.79 Å². The van der Waals surface area contributed by atoms with E-state index in [1.165, 1.54) is 0 Å². The average molecular weight is 532 g/mol. The number of hydrogen-bond donors (Lipinski definition) is 0. The van der Waals surface area contributed by atoms with E-state index < -0.39 is 0 Å². The van der Waals surface area contributed by atoms with Crippen molar-refractivity contribution >= 4 is 75.5 Å². The maximum atomic E-state index is 13.0. The Balaban J connectivity index is 1.75. The fraction of sp³-hybridized carbons (Fsp3) is 0.350. The Kier molecular flexibility index (Phi) is 8.68. The molecule has 1 fully saturated rings. The lowest BCUT2D eigenvalue weighted by molar-refractivity contribution is -0.135. The fourth-order valence-electron chi connectivity index (χ4n) is 3.04. The molecule has 0 saturated carbocycles. The highest BCUT2D eigenvalue weighted by Gasteiger charge is 2.25. The van der Waals surface area contributed by atoms with Crippen molar-refractivity contribution in [3.05, 3.63) is 60.0 Å². The van der Waals surface area contributed by atoms with Crippen molar-refractivity contribution in [1.82, 2.24) is 4.90 Å². The van der Waals surface area contributed by atoms with Crippen LogP contribution in [0.3, 0.4) is 0 Å². The van der Waals surface area contributed by atoms with Gasteiger partial charge in [-0.25, -0.2) is 0 Å². The molecule has 0 aromatic heterocycles. The summed E-state index contributed by atoms with van der Waals surface area (Å²) in [6, 6.07) is 7.29. The molecule has 1 atom stereocenters. The Morgan fingerprint density at radius 1 is 0.967 bits per heavy atom. The maximum absolute atomic E-state index is 13.0. The zero-order chi connectivity index (χ0) is 21.8. The van der Waals surface area contributed by atoms with Crippen molar-refractivity contribution in [2.24, 2.45) is 0 Å². The normalized spacial score (nSPS) is 16.0. The quantitative estimate of drug-likeness (QED) is 0.280. The maximum Gasteiger partial charge on any atom is 0.260 e. The minimum Gasteiger partial charge on any atom is -0.481 e. The molecule has 162 valence electrons. The SMILES string of the molecule is O=C(COc1c(Cl)c(Cl)c(Cl)c(Cl)c1Cl)N(Cc1ccc(Cl)cc1)C[C@@H]1CCCO1. The number of nitrogens with zero attached hydrogens (tertiary/aromatic N) is 1. The van der Waals surface area contributed by atoms with Crippen LogP contribution in [0.1, 0.15) is 18.4 Å². The number of benzene rings is 2. The van der Waals surface area contributed by atoms with Crippen LogP contribution in [-0.4, -0.2) is 36.7 Å². The summed E-state index contributed by atoms with van der Waals surface area (Å²) in [5, 5.41) is 0.647. The summed E-state index contributed by atoms with van der Waals surface area (Å²) in [5.41, 5.74) is 0.930. The predicted molar refractivity (Wildman–Crippen MR) is 123 cm³/mol. The lowest BCUT2D eigenvalue weighted by atomic mass is 10.2. The van der Waals surface area contributed by atoms with Gasteiger partial charge in [0.2, 0.25) is 0 Å². The molecule has 0 N–H and O–H groups in total. The van der Waals surface area contributed by atoms with Crippen LogP contribution in [0.15, 0.2) is 24.3 Å². The highest BCUT2D eigenvalue weighted by atomic mass is 35.5. The molecule has 1 aliphatic heterocycles. The average Bonchev–Trinajstić information content (AvgIpc) is 3.25. The Labute approximate surface area is 204 Å². The number of carbonyl (C=O) groups is 1. The van der Waals surface area contributed by atoms with Crippen LogP contribution in [0.2, 0.25) is 30.1 Å². The summed E-state index contributed by atoms with van der Waals surface area (Å²) < 4.78 is 11.3. The number of ether oxygens (including phenoxy) is 2. The van der Waals surface area contributed by atoms with E-state index in [0.717, 1.165) is 18.4 Å². The molecule has 2 aromatic rings. The Bertz CT molecular complexity index is 887. The fourth-order valence-corrected chi connectivity index (χ4v) is 4.39. The Morgan fingerprint density at radius 3 is 2.13 bits per heavy atom. The highest BCUT2D eigenvalue weighted by molar-refractivity contribution is 6.55. The van der Waals surface area contributed by atoms with E-state index in [4.69, 9.17) is 79.1 Å². The van der Waals surface area contributed by atoms with Crippen molar-refractivity contribution < 1.29 is 14.3 Å². The van der Waals surface area contributed by atoms with Gasteiger partial charge in [0.05, 0.1) is 21.2 Å². The number of amides is 1. The van der Waals surface area contributed by atoms with Crippen molar-refractivity contribution in [1.29, 1.82) is 0 Å². The first-order valence-electron chi connectivity index (χ1n) is 9.06. The number of rotatable bonds is 7. The Morgan fingerprint density at radius 2 is 1.57 bits per heavy atom. The van der Waals surface area contributed by atoms with Gasteiger partial charge in [-0.05, 0) is 30.5 Å². The molecule has 1 aliphatic rings. The van der Waals surface area contributed by atoms with Gasteiger partial charge in [-0.3, -0.25) is 4.79 Å². The highest BCUT2D eigenvalue weighted by Crippen LogP contribution is 2.48. The molecule has 3 rings (SSSR count). The first-order valence-corrected chi connectivity index (χ1v) is 11.3. The number of carbonyl (C=O) groups excluding carboxylic acids is 1. The third-order valence-corrected chi connectivity index (χ3v) is 7.09. The van der Waals surface area contributed by atoms with Gasteiger partial charge in [0.25, 0.3) is 5.91 Å². The second-order valence-corrected chi connectivity index (χ2v) is 9.05. The summed E-state index contributed by atoms with van der Waals surface area (Å²) in [4.78, 5) is 14.6. The van der Waals surface area contributed by atoms with Gasteiger partial charge in [-0.15, -0.1) is 0 Å². The van der Waals surface area contributed by atoms with Crippen LogP contribution in [0.5, 0.6) is 5.75 Å². The van der Waals surface area contributed by atoms with Crippen molar-refractivity contribution in [2.45, 2.75) is 25.5 Å². The molecule has 1 amide bonds. The molecule has 0 unspecified atom stereocenters.